The number of anilines is 2. The van der Waals surface area contributed by atoms with Gasteiger partial charge in [-0.3, -0.25) is 4.79 Å². The van der Waals surface area contributed by atoms with Gasteiger partial charge in [0.1, 0.15) is 5.76 Å². The van der Waals surface area contributed by atoms with Gasteiger partial charge in [0, 0.05) is 34.1 Å². The Bertz CT molecular complexity index is 1410. The lowest BCUT2D eigenvalue weighted by Crippen LogP contribution is -2.00. The Morgan fingerprint density at radius 2 is 1.87 bits per heavy atom. The third-order valence-corrected chi connectivity index (χ3v) is 5.71. The lowest BCUT2D eigenvalue weighted by molar-refractivity contribution is -0.105. The highest BCUT2D eigenvalue weighted by molar-refractivity contribution is 6.17. The number of aryl methyl sites for hydroxylation is 2. The third-order valence-electron chi connectivity index (χ3n) is 5.71. The van der Waals surface area contributed by atoms with Gasteiger partial charge in [-0.1, -0.05) is 35.5 Å². The predicted octanol–water partition coefficient (Wildman–Crippen LogP) is 5.27. The fourth-order valence-electron chi connectivity index (χ4n) is 4.39. The molecule has 1 amide bonds. The smallest absolute Gasteiger partial charge is 0.211 e. The van der Waals surface area contributed by atoms with Crippen molar-refractivity contribution in [1.29, 1.82) is 0 Å². The zero-order chi connectivity index (χ0) is 21.5. The van der Waals surface area contributed by atoms with Gasteiger partial charge in [-0.05, 0) is 55.3 Å². The van der Waals surface area contributed by atoms with Gasteiger partial charge in [-0.2, -0.15) is 0 Å². The van der Waals surface area contributed by atoms with Gasteiger partial charge >= 0.3 is 0 Å². The highest BCUT2D eigenvalue weighted by atomic mass is 16.5. The number of hydrogen-bond acceptors (Lipinski definition) is 4. The fraction of sp³-hybridized carbons (Fsp3) is 0.120. The minimum Gasteiger partial charge on any atom is -0.399 e. The molecule has 0 bridgehead atoms. The number of nitrogen functional groups attached to an aromatic ring is 1. The number of nitrogens with one attached hydrogen (secondary N) is 1. The van der Waals surface area contributed by atoms with Crippen LogP contribution in [0.25, 0.3) is 32.9 Å². The SMILES string of the molecule is Cc1noc(C)c1-c1cc(NC=O)c2c3cc(N)ccc3n(Cc3ccccc3)c2c1. The van der Waals surface area contributed by atoms with Crippen molar-refractivity contribution in [2.75, 3.05) is 11.1 Å². The average molecular weight is 410 g/mol. The van der Waals surface area contributed by atoms with Crippen molar-refractivity contribution in [3.63, 3.8) is 0 Å². The number of rotatable bonds is 5. The quantitative estimate of drug-likeness (QED) is 0.305. The normalized spacial score (nSPS) is 11.3. The number of nitrogens with zero attached hydrogens (tertiary/aromatic N) is 2. The van der Waals surface area contributed by atoms with Gasteiger partial charge in [0.15, 0.2) is 0 Å². The van der Waals surface area contributed by atoms with E-state index >= 15 is 0 Å². The van der Waals surface area contributed by atoms with E-state index in [1.165, 1.54) is 5.56 Å². The molecule has 154 valence electrons. The van der Waals surface area contributed by atoms with E-state index in [1.54, 1.807) is 0 Å². The second kappa shape index (κ2) is 7.32. The van der Waals surface area contributed by atoms with E-state index in [-0.39, 0.29) is 0 Å². The van der Waals surface area contributed by atoms with Gasteiger partial charge in [0.2, 0.25) is 6.41 Å². The summed E-state index contributed by atoms with van der Waals surface area (Å²) in [7, 11) is 0. The first-order valence-corrected chi connectivity index (χ1v) is 10.1. The van der Waals surface area contributed by atoms with Gasteiger partial charge < -0.3 is 20.1 Å². The molecular weight excluding hydrogens is 388 g/mol. The maximum atomic E-state index is 11.5. The van der Waals surface area contributed by atoms with E-state index in [0.717, 1.165) is 50.1 Å². The van der Waals surface area contributed by atoms with E-state index in [1.807, 2.05) is 56.3 Å². The maximum absolute atomic E-state index is 11.5. The van der Waals surface area contributed by atoms with Crippen molar-refractivity contribution in [2.45, 2.75) is 20.4 Å². The van der Waals surface area contributed by atoms with Crippen LogP contribution in [0.1, 0.15) is 17.0 Å². The second-order valence-corrected chi connectivity index (χ2v) is 7.73. The molecule has 6 nitrogen and oxygen atoms in total. The summed E-state index contributed by atoms with van der Waals surface area (Å²) in [4.78, 5) is 11.5. The number of fused-ring (bicyclic) bond motifs is 3. The fourth-order valence-corrected chi connectivity index (χ4v) is 4.39. The van der Waals surface area contributed by atoms with Gasteiger partial charge in [-0.15, -0.1) is 0 Å². The van der Waals surface area contributed by atoms with Crippen LogP contribution in [0.15, 0.2) is 65.2 Å². The summed E-state index contributed by atoms with van der Waals surface area (Å²) in [6, 6.07) is 20.3. The van der Waals surface area contributed by atoms with Gasteiger partial charge in [-0.25, -0.2) is 0 Å². The number of carbonyl (C=O) groups is 1. The van der Waals surface area contributed by atoms with Crippen LogP contribution in [0.4, 0.5) is 11.4 Å². The van der Waals surface area contributed by atoms with Crippen LogP contribution < -0.4 is 11.1 Å². The molecule has 0 saturated heterocycles. The Balaban J connectivity index is 1.88. The van der Waals surface area contributed by atoms with Crippen molar-refractivity contribution >= 4 is 39.6 Å². The number of amides is 1. The number of benzene rings is 3. The molecule has 5 aromatic rings. The van der Waals surface area contributed by atoms with Crippen molar-refractivity contribution in [3.8, 4) is 11.1 Å². The molecule has 0 radical (unpaired) electrons. The van der Waals surface area contributed by atoms with Crippen molar-refractivity contribution < 1.29 is 9.32 Å². The predicted molar refractivity (Wildman–Crippen MR) is 124 cm³/mol. The Labute approximate surface area is 179 Å². The molecule has 0 aliphatic carbocycles. The highest BCUT2D eigenvalue weighted by Crippen LogP contribution is 2.40. The van der Waals surface area contributed by atoms with Crippen molar-refractivity contribution in [2.24, 2.45) is 0 Å². The van der Waals surface area contributed by atoms with Gasteiger partial charge in [0.05, 0.1) is 16.9 Å². The summed E-state index contributed by atoms with van der Waals surface area (Å²) in [6.45, 7) is 4.51. The first-order chi connectivity index (χ1) is 15.1. The zero-order valence-corrected chi connectivity index (χ0v) is 17.3. The number of nitrogens with two attached hydrogens (primary N) is 1. The molecule has 2 aromatic heterocycles. The van der Waals surface area contributed by atoms with Gasteiger partial charge in [0.25, 0.3) is 0 Å². The molecule has 0 fully saturated rings. The summed E-state index contributed by atoms with van der Waals surface area (Å²) < 4.78 is 7.66. The Morgan fingerprint density at radius 1 is 1.06 bits per heavy atom. The van der Waals surface area contributed by atoms with E-state index < -0.39 is 0 Å². The molecule has 3 N–H and O–H groups in total. The molecule has 0 aliphatic heterocycles. The molecule has 31 heavy (non-hydrogen) atoms. The second-order valence-electron chi connectivity index (χ2n) is 7.73. The highest BCUT2D eigenvalue weighted by Gasteiger charge is 2.19. The molecule has 0 spiro atoms. The zero-order valence-electron chi connectivity index (χ0n) is 17.3. The monoisotopic (exact) mass is 410 g/mol. The number of aromatic nitrogens is 2. The largest absolute Gasteiger partial charge is 0.399 e. The molecule has 0 aliphatic rings. The summed E-state index contributed by atoms with van der Waals surface area (Å²) in [5.41, 5.74) is 13.5. The molecule has 0 saturated carbocycles. The first-order valence-electron chi connectivity index (χ1n) is 10.1. The van der Waals surface area contributed by atoms with Crippen molar-refractivity contribution in [3.05, 3.63) is 77.7 Å². The van der Waals surface area contributed by atoms with Crippen LogP contribution in [0, 0.1) is 13.8 Å². The summed E-state index contributed by atoms with van der Waals surface area (Å²) in [6.07, 6.45) is 0.707. The number of carbonyl (C=O) groups excluding carboxylic acids is 1. The Morgan fingerprint density at radius 3 is 2.58 bits per heavy atom. The van der Waals surface area contributed by atoms with E-state index in [4.69, 9.17) is 10.3 Å². The van der Waals surface area contributed by atoms with Crippen molar-refractivity contribution in [1.82, 2.24) is 9.72 Å². The molecule has 6 heteroatoms. The maximum Gasteiger partial charge on any atom is 0.211 e. The molecule has 0 atom stereocenters. The molecule has 0 unspecified atom stereocenters. The lowest BCUT2D eigenvalue weighted by Gasteiger charge is -2.11. The Hall–Kier alpha value is -4.06. The molecule has 5 rings (SSSR count). The summed E-state index contributed by atoms with van der Waals surface area (Å²) in [5, 5.41) is 8.96. The van der Waals surface area contributed by atoms with Crippen LogP contribution in [0.5, 0.6) is 0 Å². The van der Waals surface area contributed by atoms with E-state index in [0.29, 0.717) is 18.6 Å². The minimum absolute atomic E-state index is 0.679. The van der Waals surface area contributed by atoms with E-state index in [2.05, 4.69) is 33.2 Å². The standard InChI is InChI=1S/C25H22N4O2/c1-15-24(16(2)31-28-15)18-10-21(27-14-30)25-20-12-19(26)8-9-22(20)29(23(25)11-18)13-17-6-4-3-5-7-17/h3-12,14H,13,26H2,1-2H3,(H,27,30). The molecular formula is C25H22N4O2. The topological polar surface area (TPSA) is 86.1 Å². The third kappa shape index (κ3) is 3.13. The average Bonchev–Trinajstić information content (AvgIpc) is 3.25. The van der Waals surface area contributed by atoms with Crippen LogP contribution in [0.3, 0.4) is 0 Å². The summed E-state index contributed by atoms with van der Waals surface area (Å²) >= 11 is 0. The Kier molecular flexibility index (Phi) is 4.47. The molecule has 3 aromatic carbocycles. The molecule has 2 heterocycles. The van der Waals surface area contributed by atoms with Crippen LogP contribution in [0.2, 0.25) is 0 Å². The van der Waals surface area contributed by atoms with E-state index in [9.17, 15) is 4.79 Å². The number of hydrogen-bond donors (Lipinski definition) is 2. The van der Waals surface area contributed by atoms with Crippen LogP contribution in [-0.4, -0.2) is 16.1 Å². The van der Waals surface area contributed by atoms with Crippen LogP contribution >= 0.6 is 0 Å². The van der Waals surface area contributed by atoms with Crippen LogP contribution in [-0.2, 0) is 11.3 Å². The first kappa shape index (κ1) is 18.9. The minimum atomic E-state index is 0.679. The summed E-state index contributed by atoms with van der Waals surface area (Å²) in [5.74, 6) is 0.740. The lowest BCUT2D eigenvalue weighted by atomic mass is 10.0.